The van der Waals surface area contributed by atoms with Gasteiger partial charge in [0.2, 0.25) is 0 Å². The predicted molar refractivity (Wildman–Crippen MR) is 122 cm³/mol. The minimum Gasteiger partial charge on any atom is -0.486 e. The van der Waals surface area contributed by atoms with E-state index in [2.05, 4.69) is 0 Å². The van der Waals surface area contributed by atoms with E-state index in [1.165, 1.54) is 7.11 Å². The quantitative estimate of drug-likeness (QED) is 0.536. The van der Waals surface area contributed by atoms with Crippen LogP contribution in [0.2, 0.25) is 0 Å². The second-order valence-electron chi connectivity index (χ2n) is 7.13. The van der Waals surface area contributed by atoms with Crippen LogP contribution >= 0.6 is 0 Å². The SMILES string of the molecule is COC(=O)c1ccc(C(=O)N(C/C=C/c2ccccc2)c2ccc3c(c2)OCCO3)cc1. The van der Waals surface area contributed by atoms with E-state index < -0.39 is 5.97 Å². The van der Waals surface area contributed by atoms with Gasteiger partial charge in [-0.15, -0.1) is 0 Å². The number of nitrogens with zero attached hydrogens (tertiary/aromatic N) is 1. The highest BCUT2D eigenvalue weighted by atomic mass is 16.6. The van der Waals surface area contributed by atoms with Crippen LogP contribution in [0.5, 0.6) is 11.5 Å². The molecule has 1 aliphatic heterocycles. The summed E-state index contributed by atoms with van der Waals surface area (Å²) >= 11 is 0. The molecule has 1 heterocycles. The molecule has 0 fully saturated rings. The van der Waals surface area contributed by atoms with Gasteiger partial charge in [-0.3, -0.25) is 4.79 Å². The smallest absolute Gasteiger partial charge is 0.337 e. The van der Waals surface area contributed by atoms with E-state index in [-0.39, 0.29) is 5.91 Å². The van der Waals surface area contributed by atoms with Crippen LogP contribution < -0.4 is 14.4 Å². The summed E-state index contributed by atoms with van der Waals surface area (Å²) < 4.78 is 16.0. The highest BCUT2D eigenvalue weighted by molar-refractivity contribution is 6.07. The van der Waals surface area contributed by atoms with Gasteiger partial charge in [0.05, 0.1) is 12.7 Å². The number of fused-ring (bicyclic) bond motifs is 1. The van der Waals surface area contributed by atoms with Crippen LogP contribution in [0.15, 0.2) is 78.9 Å². The maximum Gasteiger partial charge on any atom is 0.337 e. The molecule has 0 aliphatic carbocycles. The van der Waals surface area contributed by atoms with Crippen LogP contribution in [0.1, 0.15) is 26.3 Å². The molecule has 1 amide bonds. The largest absolute Gasteiger partial charge is 0.486 e. The van der Waals surface area contributed by atoms with Crippen molar-refractivity contribution in [3.8, 4) is 11.5 Å². The van der Waals surface area contributed by atoms with Crippen molar-refractivity contribution in [3.05, 3.63) is 95.6 Å². The van der Waals surface area contributed by atoms with Crippen molar-refractivity contribution in [1.82, 2.24) is 0 Å². The molecular weight excluding hydrogens is 406 g/mol. The van der Waals surface area contributed by atoms with E-state index in [0.29, 0.717) is 48.1 Å². The van der Waals surface area contributed by atoms with Gasteiger partial charge in [0.15, 0.2) is 11.5 Å². The first-order valence-electron chi connectivity index (χ1n) is 10.3. The Balaban J connectivity index is 1.62. The monoisotopic (exact) mass is 429 g/mol. The van der Waals surface area contributed by atoms with Gasteiger partial charge in [-0.25, -0.2) is 4.79 Å². The summed E-state index contributed by atoms with van der Waals surface area (Å²) in [5.41, 5.74) is 2.58. The average molecular weight is 429 g/mol. The molecule has 6 heteroatoms. The first-order valence-corrected chi connectivity index (χ1v) is 10.3. The van der Waals surface area contributed by atoms with Gasteiger partial charge < -0.3 is 19.1 Å². The molecule has 3 aromatic rings. The molecular formula is C26H23NO5. The molecule has 6 nitrogen and oxygen atoms in total. The predicted octanol–water partition coefficient (Wildman–Crippen LogP) is 4.60. The summed E-state index contributed by atoms with van der Waals surface area (Å²) in [7, 11) is 1.32. The number of rotatable bonds is 6. The first kappa shape index (κ1) is 21.2. The Morgan fingerprint density at radius 1 is 0.906 bits per heavy atom. The van der Waals surface area contributed by atoms with Crippen molar-refractivity contribution >= 4 is 23.6 Å². The Hall–Kier alpha value is -4.06. The number of methoxy groups -OCH3 is 1. The molecule has 0 radical (unpaired) electrons. The molecule has 3 aromatic carbocycles. The van der Waals surface area contributed by atoms with Crippen LogP contribution in [0.25, 0.3) is 6.08 Å². The zero-order valence-corrected chi connectivity index (χ0v) is 17.7. The van der Waals surface area contributed by atoms with Crippen molar-refractivity contribution in [3.63, 3.8) is 0 Å². The Morgan fingerprint density at radius 2 is 1.59 bits per heavy atom. The molecule has 0 saturated carbocycles. The van der Waals surface area contributed by atoms with Gasteiger partial charge >= 0.3 is 5.97 Å². The van der Waals surface area contributed by atoms with Crippen LogP contribution in [-0.4, -0.2) is 38.7 Å². The molecule has 0 saturated heterocycles. The number of carbonyl (C=O) groups is 2. The van der Waals surface area contributed by atoms with E-state index in [1.807, 2.05) is 60.7 Å². The van der Waals surface area contributed by atoms with Crippen molar-refractivity contribution < 1.29 is 23.8 Å². The molecule has 0 spiro atoms. The lowest BCUT2D eigenvalue weighted by molar-refractivity contribution is 0.0600. The summed E-state index contributed by atoms with van der Waals surface area (Å²) in [4.78, 5) is 26.8. The molecule has 162 valence electrons. The fraction of sp³-hybridized carbons (Fsp3) is 0.154. The number of hydrogen-bond donors (Lipinski definition) is 0. The third-order valence-corrected chi connectivity index (χ3v) is 5.03. The zero-order chi connectivity index (χ0) is 22.3. The van der Waals surface area contributed by atoms with Gasteiger partial charge in [0.25, 0.3) is 5.91 Å². The molecule has 4 rings (SSSR count). The van der Waals surface area contributed by atoms with E-state index in [1.54, 1.807) is 29.2 Å². The Morgan fingerprint density at radius 3 is 2.31 bits per heavy atom. The summed E-state index contributed by atoms with van der Waals surface area (Å²) in [6.07, 6.45) is 3.91. The normalized spacial score (nSPS) is 12.4. The van der Waals surface area contributed by atoms with Gasteiger partial charge in [0, 0.05) is 23.9 Å². The van der Waals surface area contributed by atoms with Gasteiger partial charge in [0.1, 0.15) is 13.2 Å². The zero-order valence-electron chi connectivity index (χ0n) is 17.7. The number of hydrogen-bond acceptors (Lipinski definition) is 5. The van der Waals surface area contributed by atoms with E-state index in [0.717, 1.165) is 5.56 Å². The maximum atomic E-state index is 13.4. The second-order valence-corrected chi connectivity index (χ2v) is 7.13. The Bertz CT molecular complexity index is 1120. The third-order valence-electron chi connectivity index (χ3n) is 5.03. The molecule has 0 aromatic heterocycles. The molecule has 0 atom stereocenters. The lowest BCUT2D eigenvalue weighted by atomic mass is 10.1. The third kappa shape index (κ3) is 4.81. The van der Waals surface area contributed by atoms with Crippen molar-refractivity contribution in [2.45, 2.75) is 0 Å². The highest BCUT2D eigenvalue weighted by Gasteiger charge is 2.20. The van der Waals surface area contributed by atoms with E-state index >= 15 is 0 Å². The van der Waals surface area contributed by atoms with Gasteiger partial charge in [-0.05, 0) is 42.0 Å². The number of ether oxygens (including phenoxy) is 3. The van der Waals surface area contributed by atoms with Crippen molar-refractivity contribution in [2.75, 3.05) is 31.8 Å². The average Bonchev–Trinajstić information content (AvgIpc) is 2.86. The van der Waals surface area contributed by atoms with E-state index in [9.17, 15) is 9.59 Å². The van der Waals surface area contributed by atoms with Gasteiger partial charge in [-0.1, -0.05) is 42.5 Å². The summed E-state index contributed by atoms with van der Waals surface area (Å²) in [6.45, 7) is 1.32. The molecule has 0 N–H and O–H groups in total. The topological polar surface area (TPSA) is 65.1 Å². The standard InChI is InChI=1S/C26H23NO5/c1-30-26(29)21-11-9-20(10-12-21)25(28)27(15-5-8-19-6-3-2-4-7-19)22-13-14-23-24(18-22)32-17-16-31-23/h2-14,18H,15-17H2,1H3/b8-5+. The number of carbonyl (C=O) groups excluding carboxylic acids is 2. The number of benzene rings is 3. The Kier molecular flexibility index (Phi) is 6.51. The summed E-state index contributed by atoms with van der Waals surface area (Å²) in [6, 6.07) is 21.8. The summed E-state index contributed by atoms with van der Waals surface area (Å²) in [5, 5.41) is 0. The molecule has 32 heavy (non-hydrogen) atoms. The summed E-state index contributed by atoms with van der Waals surface area (Å²) in [5.74, 6) is 0.628. The van der Waals surface area contributed by atoms with Crippen LogP contribution in [0.4, 0.5) is 5.69 Å². The molecule has 1 aliphatic rings. The van der Waals surface area contributed by atoms with Crippen molar-refractivity contribution in [1.29, 1.82) is 0 Å². The number of anilines is 1. The second kappa shape index (κ2) is 9.83. The number of amides is 1. The van der Waals surface area contributed by atoms with Crippen LogP contribution in [-0.2, 0) is 4.74 Å². The first-order chi connectivity index (χ1) is 15.7. The van der Waals surface area contributed by atoms with Gasteiger partial charge in [-0.2, -0.15) is 0 Å². The number of esters is 1. The highest BCUT2D eigenvalue weighted by Crippen LogP contribution is 2.34. The Labute approximate surface area is 186 Å². The van der Waals surface area contributed by atoms with Crippen LogP contribution in [0.3, 0.4) is 0 Å². The fourth-order valence-corrected chi connectivity index (χ4v) is 3.39. The molecule has 0 bridgehead atoms. The van der Waals surface area contributed by atoms with E-state index in [4.69, 9.17) is 14.2 Å². The fourth-order valence-electron chi connectivity index (χ4n) is 3.39. The lowest BCUT2D eigenvalue weighted by Gasteiger charge is -2.24. The lowest BCUT2D eigenvalue weighted by Crippen LogP contribution is -2.31. The minimum absolute atomic E-state index is 0.198. The maximum absolute atomic E-state index is 13.4. The minimum atomic E-state index is -0.446. The molecule has 0 unspecified atom stereocenters. The van der Waals surface area contributed by atoms with Crippen molar-refractivity contribution in [2.24, 2.45) is 0 Å². The van der Waals surface area contributed by atoms with Crippen LogP contribution in [0, 0.1) is 0 Å².